The van der Waals surface area contributed by atoms with Crippen LogP contribution in [0.5, 0.6) is 11.5 Å². The monoisotopic (exact) mass is 485 g/mol. The summed E-state index contributed by atoms with van der Waals surface area (Å²) in [4.78, 5) is 22.1. The molecule has 7 heteroatoms. The molecule has 1 aliphatic heterocycles. The minimum absolute atomic E-state index is 0.0292. The summed E-state index contributed by atoms with van der Waals surface area (Å²) in [6, 6.07) is 21.6. The van der Waals surface area contributed by atoms with Crippen LogP contribution >= 0.6 is 11.6 Å². The first-order valence-electron chi connectivity index (χ1n) is 11.5. The molecule has 2 N–H and O–H groups in total. The van der Waals surface area contributed by atoms with Crippen molar-refractivity contribution in [3.05, 3.63) is 89.7 Å². The number of hydrogen-bond acceptors (Lipinski definition) is 3. The Bertz CT molecular complexity index is 1540. The van der Waals surface area contributed by atoms with Crippen LogP contribution in [-0.4, -0.2) is 35.4 Å². The molecule has 0 spiro atoms. The number of methoxy groups -OCH3 is 1. The summed E-state index contributed by atoms with van der Waals surface area (Å²) in [6.45, 7) is 0.948. The Morgan fingerprint density at radius 2 is 1.97 bits per heavy atom. The summed E-state index contributed by atoms with van der Waals surface area (Å²) < 4.78 is 11.6. The van der Waals surface area contributed by atoms with Crippen molar-refractivity contribution in [3.8, 4) is 11.5 Å². The number of aromatic amines is 2. The number of carbonyl (C=O) groups excluding carboxylic acids is 1. The molecule has 1 amide bonds. The molecule has 0 saturated heterocycles. The summed E-state index contributed by atoms with van der Waals surface area (Å²) in [5, 5.41) is 1.96. The fraction of sp³-hybridized carbons (Fsp3) is 0.179. The summed E-state index contributed by atoms with van der Waals surface area (Å²) in [5.74, 6) is 1.81. The van der Waals surface area contributed by atoms with Crippen LogP contribution < -0.4 is 14.4 Å². The van der Waals surface area contributed by atoms with Crippen LogP contribution in [0, 0.1) is 0 Å². The molecule has 6 rings (SSSR count). The molecule has 3 aromatic carbocycles. The normalized spacial score (nSPS) is 15.0. The first kappa shape index (κ1) is 21.6. The number of alkyl halides is 1. The first-order valence-corrected chi connectivity index (χ1v) is 12.0. The summed E-state index contributed by atoms with van der Waals surface area (Å²) in [6.07, 6.45) is 1.90. The van der Waals surface area contributed by atoms with Gasteiger partial charge in [-0.25, -0.2) is 0 Å². The lowest BCUT2D eigenvalue weighted by molar-refractivity contribution is 0.0984. The molecule has 6 nitrogen and oxygen atoms in total. The van der Waals surface area contributed by atoms with Crippen LogP contribution in [-0.2, 0) is 6.61 Å². The number of carbonyl (C=O) groups is 1. The molecule has 35 heavy (non-hydrogen) atoms. The lowest BCUT2D eigenvalue weighted by atomic mass is 9.99. The van der Waals surface area contributed by atoms with Crippen molar-refractivity contribution >= 4 is 45.0 Å². The van der Waals surface area contributed by atoms with Gasteiger partial charge in [0, 0.05) is 46.9 Å². The highest BCUT2D eigenvalue weighted by Gasteiger charge is 2.36. The van der Waals surface area contributed by atoms with E-state index in [1.165, 1.54) is 0 Å². The number of H-pyrrole nitrogens is 2. The number of halogens is 1. The van der Waals surface area contributed by atoms with E-state index in [0.29, 0.717) is 30.5 Å². The van der Waals surface area contributed by atoms with Gasteiger partial charge in [0.05, 0.1) is 18.3 Å². The van der Waals surface area contributed by atoms with E-state index in [1.54, 1.807) is 7.11 Å². The first-order chi connectivity index (χ1) is 17.2. The zero-order valence-electron chi connectivity index (χ0n) is 19.2. The van der Waals surface area contributed by atoms with Crippen LogP contribution in [0.2, 0.25) is 0 Å². The van der Waals surface area contributed by atoms with E-state index < -0.39 is 0 Å². The average Bonchev–Trinajstić information content (AvgIpc) is 3.63. The Kier molecular flexibility index (Phi) is 5.38. The Labute approximate surface area is 207 Å². The summed E-state index contributed by atoms with van der Waals surface area (Å²) in [5.41, 5.74) is 5.32. The number of anilines is 1. The number of rotatable bonds is 6. The number of hydrogen-bond donors (Lipinski definition) is 2. The molecule has 0 bridgehead atoms. The van der Waals surface area contributed by atoms with Crippen LogP contribution in [0.3, 0.4) is 0 Å². The fourth-order valence-electron chi connectivity index (χ4n) is 4.94. The van der Waals surface area contributed by atoms with Crippen molar-refractivity contribution in [1.29, 1.82) is 0 Å². The SMILES string of the molecule is COc1ccc2[nH]c(C(=O)N3C[C@H](CCl)c4c3cc(OCc3ccccc3)c3[nH]ccc43)cc2c1. The number of amides is 1. The average molecular weight is 486 g/mol. The van der Waals surface area contributed by atoms with Crippen molar-refractivity contribution in [1.82, 2.24) is 9.97 Å². The number of nitrogens with zero attached hydrogens (tertiary/aromatic N) is 1. The lowest BCUT2D eigenvalue weighted by Gasteiger charge is -2.18. The van der Waals surface area contributed by atoms with Crippen molar-refractivity contribution in [3.63, 3.8) is 0 Å². The molecule has 176 valence electrons. The predicted octanol–water partition coefficient (Wildman–Crippen LogP) is 6.22. The molecular weight excluding hydrogens is 462 g/mol. The Balaban J connectivity index is 1.40. The highest BCUT2D eigenvalue weighted by atomic mass is 35.5. The van der Waals surface area contributed by atoms with Crippen molar-refractivity contribution < 1.29 is 14.3 Å². The molecule has 2 aromatic heterocycles. The van der Waals surface area contributed by atoms with Crippen molar-refractivity contribution in [2.75, 3.05) is 24.4 Å². The Hall–Kier alpha value is -3.90. The highest BCUT2D eigenvalue weighted by molar-refractivity contribution is 6.19. The molecule has 0 unspecified atom stereocenters. The van der Waals surface area contributed by atoms with Gasteiger partial charge in [-0.05, 0) is 41.5 Å². The molecule has 1 aliphatic rings. The molecule has 0 saturated carbocycles. The summed E-state index contributed by atoms with van der Waals surface area (Å²) in [7, 11) is 1.63. The van der Waals surface area contributed by atoms with Gasteiger partial charge in [-0.2, -0.15) is 0 Å². The molecule has 0 radical (unpaired) electrons. The third-order valence-corrected chi connectivity index (χ3v) is 7.03. The Morgan fingerprint density at radius 3 is 2.77 bits per heavy atom. The third kappa shape index (κ3) is 3.70. The van der Waals surface area contributed by atoms with E-state index in [4.69, 9.17) is 21.1 Å². The number of nitrogens with one attached hydrogen (secondary N) is 2. The van der Waals surface area contributed by atoms with Crippen molar-refractivity contribution in [2.45, 2.75) is 12.5 Å². The van der Waals surface area contributed by atoms with Gasteiger partial charge in [-0.1, -0.05) is 30.3 Å². The maximum atomic E-state index is 13.7. The second kappa shape index (κ2) is 8.71. The van der Waals surface area contributed by atoms with Gasteiger partial charge in [0.2, 0.25) is 0 Å². The van der Waals surface area contributed by atoms with Crippen LogP contribution in [0.1, 0.15) is 27.5 Å². The maximum Gasteiger partial charge on any atom is 0.274 e. The van der Waals surface area contributed by atoms with Gasteiger partial charge in [0.25, 0.3) is 5.91 Å². The van der Waals surface area contributed by atoms with Gasteiger partial charge in [0.1, 0.15) is 23.8 Å². The predicted molar refractivity (Wildman–Crippen MR) is 139 cm³/mol. The van der Waals surface area contributed by atoms with E-state index in [-0.39, 0.29) is 11.8 Å². The largest absolute Gasteiger partial charge is 0.497 e. The van der Waals surface area contributed by atoms with Gasteiger partial charge in [0.15, 0.2) is 0 Å². The van der Waals surface area contributed by atoms with E-state index in [9.17, 15) is 4.79 Å². The zero-order valence-corrected chi connectivity index (χ0v) is 19.9. The number of fused-ring (bicyclic) bond motifs is 4. The molecule has 5 aromatic rings. The molecular formula is C28H24ClN3O3. The van der Waals surface area contributed by atoms with Crippen molar-refractivity contribution in [2.24, 2.45) is 0 Å². The molecule has 0 fully saturated rings. The lowest BCUT2D eigenvalue weighted by Crippen LogP contribution is -2.30. The maximum absolute atomic E-state index is 13.7. The van der Waals surface area contributed by atoms with Gasteiger partial charge in [-0.15, -0.1) is 11.6 Å². The van der Waals surface area contributed by atoms with E-state index in [2.05, 4.69) is 9.97 Å². The number of ether oxygens (including phenoxy) is 2. The van der Waals surface area contributed by atoms with Gasteiger partial charge < -0.3 is 24.3 Å². The number of aromatic nitrogens is 2. The fourth-order valence-corrected chi connectivity index (χ4v) is 5.19. The van der Waals surface area contributed by atoms with E-state index >= 15 is 0 Å². The smallest absolute Gasteiger partial charge is 0.274 e. The Morgan fingerprint density at radius 1 is 1.11 bits per heavy atom. The van der Waals surface area contributed by atoms with E-state index in [1.807, 2.05) is 77.8 Å². The van der Waals surface area contributed by atoms with Crippen LogP contribution in [0.25, 0.3) is 21.8 Å². The van der Waals surface area contributed by atoms with Crippen LogP contribution in [0.4, 0.5) is 5.69 Å². The summed E-state index contributed by atoms with van der Waals surface area (Å²) >= 11 is 6.40. The molecule has 3 heterocycles. The number of benzene rings is 3. The van der Waals surface area contributed by atoms with Gasteiger partial charge in [-0.3, -0.25) is 4.79 Å². The van der Waals surface area contributed by atoms with Crippen LogP contribution in [0.15, 0.2) is 72.9 Å². The zero-order chi connectivity index (χ0) is 23.9. The molecule has 1 atom stereocenters. The standard InChI is InChI=1S/C28H24ClN3O3/c1-34-20-7-8-22-18(11-20)12-23(31-22)28(33)32-15-19(14-29)26-21-9-10-30-27(21)25(13-24(26)32)35-16-17-5-3-2-4-6-17/h2-13,19,30-31H,14-16H2,1H3/t19-/m0/s1. The minimum Gasteiger partial charge on any atom is -0.497 e. The van der Waals surface area contributed by atoms with E-state index in [0.717, 1.165) is 44.4 Å². The quantitative estimate of drug-likeness (QED) is 0.280. The second-order valence-electron chi connectivity index (χ2n) is 8.75. The minimum atomic E-state index is -0.0991. The topological polar surface area (TPSA) is 70.3 Å². The molecule has 0 aliphatic carbocycles. The third-order valence-electron chi connectivity index (χ3n) is 6.66. The second-order valence-corrected chi connectivity index (χ2v) is 9.06. The highest BCUT2D eigenvalue weighted by Crippen LogP contribution is 2.46. The van der Waals surface area contributed by atoms with Gasteiger partial charge >= 0.3 is 0 Å².